The predicted molar refractivity (Wildman–Crippen MR) is 59.3 cm³/mol. The summed E-state index contributed by atoms with van der Waals surface area (Å²) in [5.74, 6) is 7.64. The summed E-state index contributed by atoms with van der Waals surface area (Å²) in [6, 6.07) is 8.03. The maximum Gasteiger partial charge on any atom is 0.118 e. The maximum absolute atomic E-state index is 5.08. The molecule has 0 atom stereocenters. The molecular formula is C13H16O. The Balaban J connectivity index is 2.57. The van der Waals surface area contributed by atoms with Crippen molar-refractivity contribution in [1.29, 1.82) is 0 Å². The average Bonchev–Trinajstić information content (AvgIpc) is 2.18. The zero-order valence-corrected chi connectivity index (χ0v) is 9.00. The molecule has 0 N–H and O–H groups in total. The van der Waals surface area contributed by atoms with Gasteiger partial charge in [-0.25, -0.2) is 0 Å². The van der Waals surface area contributed by atoms with Crippen molar-refractivity contribution in [1.82, 2.24) is 0 Å². The molecule has 0 amide bonds. The minimum atomic E-state index is 0.452. The van der Waals surface area contributed by atoms with E-state index < -0.39 is 0 Å². The fourth-order valence-corrected chi connectivity index (χ4v) is 1.10. The molecule has 74 valence electrons. The van der Waals surface area contributed by atoms with Gasteiger partial charge < -0.3 is 4.74 Å². The number of hydrogen-bond donors (Lipinski definition) is 0. The molecule has 0 aliphatic heterocycles. The van der Waals surface area contributed by atoms with Gasteiger partial charge in [0.15, 0.2) is 0 Å². The molecule has 1 nitrogen and oxygen atoms in total. The number of methoxy groups -OCH3 is 1. The van der Waals surface area contributed by atoms with Crippen LogP contribution < -0.4 is 4.74 Å². The van der Waals surface area contributed by atoms with Crippen LogP contribution in [0.15, 0.2) is 24.3 Å². The third-order valence-corrected chi connectivity index (χ3v) is 1.84. The van der Waals surface area contributed by atoms with Gasteiger partial charge in [-0.05, 0) is 17.7 Å². The quantitative estimate of drug-likeness (QED) is 0.648. The SMILES string of the molecule is COc1ccc(CC#CC(C)C)cc1. The lowest BCUT2D eigenvalue weighted by molar-refractivity contribution is 0.414. The number of hydrogen-bond acceptors (Lipinski definition) is 1. The van der Waals surface area contributed by atoms with Crippen molar-refractivity contribution in [3.8, 4) is 17.6 Å². The predicted octanol–water partition coefficient (Wildman–Crippen LogP) is 2.90. The first kappa shape index (κ1) is 10.7. The molecule has 0 fully saturated rings. The minimum absolute atomic E-state index is 0.452. The lowest BCUT2D eigenvalue weighted by Gasteiger charge is -1.99. The Hall–Kier alpha value is -1.42. The molecule has 14 heavy (non-hydrogen) atoms. The lowest BCUT2D eigenvalue weighted by Crippen LogP contribution is -1.85. The van der Waals surface area contributed by atoms with E-state index in [9.17, 15) is 0 Å². The van der Waals surface area contributed by atoms with E-state index in [0.717, 1.165) is 12.2 Å². The first-order valence-corrected chi connectivity index (χ1v) is 4.83. The summed E-state index contributed by atoms with van der Waals surface area (Å²) in [5, 5.41) is 0. The second kappa shape index (κ2) is 5.34. The van der Waals surface area contributed by atoms with Gasteiger partial charge in [-0.3, -0.25) is 0 Å². The van der Waals surface area contributed by atoms with E-state index in [1.54, 1.807) is 7.11 Å². The maximum atomic E-state index is 5.08. The van der Waals surface area contributed by atoms with Crippen LogP contribution in [0.1, 0.15) is 19.4 Å². The first-order valence-electron chi connectivity index (χ1n) is 4.83. The van der Waals surface area contributed by atoms with Gasteiger partial charge in [-0.15, -0.1) is 5.92 Å². The molecule has 0 unspecified atom stereocenters. The monoisotopic (exact) mass is 188 g/mol. The molecule has 0 bridgehead atoms. The number of benzene rings is 1. The molecule has 1 aromatic rings. The molecule has 0 radical (unpaired) electrons. The van der Waals surface area contributed by atoms with Crippen LogP contribution in [0.4, 0.5) is 0 Å². The van der Waals surface area contributed by atoms with E-state index >= 15 is 0 Å². The molecule has 1 aromatic carbocycles. The van der Waals surface area contributed by atoms with Crippen molar-refractivity contribution < 1.29 is 4.74 Å². The Morgan fingerprint density at radius 2 is 1.86 bits per heavy atom. The molecule has 0 saturated heterocycles. The van der Waals surface area contributed by atoms with Gasteiger partial charge in [0.2, 0.25) is 0 Å². The molecule has 1 rings (SSSR count). The fourth-order valence-electron chi connectivity index (χ4n) is 1.10. The Labute approximate surface area is 86.1 Å². The molecule has 0 aliphatic carbocycles. The topological polar surface area (TPSA) is 9.23 Å². The standard InChI is InChI=1S/C13H16O/c1-11(2)5-4-6-12-7-9-13(14-3)10-8-12/h7-11H,6H2,1-3H3. The van der Waals surface area contributed by atoms with Gasteiger partial charge in [0.25, 0.3) is 0 Å². The van der Waals surface area contributed by atoms with Crippen LogP contribution in [-0.2, 0) is 6.42 Å². The van der Waals surface area contributed by atoms with E-state index in [-0.39, 0.29) is 0 Å². The molecule has 0 spiro atoms. The Morgan fingerprint density at radius 1 is 1.21 bits per heavy atom. The zero-order chi connectivity index (χ0) is 10.4. The van der Waals surface area contributed by atoms with Crippen molar-refractivity contribution in [2.24, 2.45) is 5.92 Å². The molecule has 1 heteroatoms. The van der Waals surface area contributed by atoms with Gasteiger partial charge in [0.05, 0.1) is 7.11 Å². The summed E-state index contributed by atoms with van der Waals surface area (Å²) >= 11 is 0. The Bertz CT molecular complexity index is 324. The summed E-state index contributed by atoms with van der Waals surface area (Å²) in [4.78, 5) is 0. The lowest BCUT2D eigenvalue weighted by atomic mass is 10.1. The Kier molecular flexibility index (Phi) is 4.07. The highest BCUT2D eigenvalue weighted by molar-refractivity contribution is 5.29. The smallest absolute Gasteiger partial charge is 0.118 e. The third kappa shape index (κ3) is 3.53. The van der Waals surface area contributed by atoms with Crippen LogP contribution in [0.5, 0.6) is 5.75 Å². The minimum Gasteiger partial charge on any atom is -0.497 e. The second-order valence-corrected chi connectivity index (χ2v) is 3.50. The number of rotatable bonds is 2. The largest absolute Gasteiger partial charge is 0.497 e. The van der Waals surface area contributed by atoms with Gasteiger partial charge >= 0.3 is 0 Å². The van der Waals surface area contributed by atoms with E-state index in [4.69, 9.17) is 4.74 Å². The van der Waals surface area contributed by atoms with Gasteiger partial charge in [-0.1, -0.05) is 31.9 Å². The molecule has 0 aromatic heterocycles. The highest BCUT2D eigenvalue weighted by atomic mass is 16.5. The van der Waals surface area contributed by atoms with E-state index in [2.05, 4.69) is 25.7 Å². The summed E-state index contributed by atoms with van der Waals surface area (Å²) in [7, 11) is 1.67. The summed E-state index contributed by atoms with van der Waals surface area (Å²) < 4.78 is 5.08. The summed E-state index contributed by atoms with van der Waals surface area (Å²) in [6.07, 6.45) is 0.822. The van der Waals surface area contributed by atoms with Crippen molar-refractivity contribution in [3.05, 3.63) is 29.8 Å². The van der Waals surface area contributed by atoms with Crippen LogP contribution in [0, 0.1) is 17.8 Å². The first-order chi connectivity index (χ1) is 6.72. The summed E-state index contributed by atoms with van der Waals surface area (Å²) in [6.45, 7) is 4.20. The van der Waals surface area contributed by atoms with Gasteiger partial charge in [0, 0.05) is 12.3 Å². The molecule has 0 aliphatic rings. The van der Waals surface area contributed by atoms with Crippen LogP contribution in [0.2, 0.25) is 0 Å². The van der Waals surface area contributed by atoms with Gasteiger partial charge in [0.1, 0.15) is 5.75 Å². The van der Waals surface area contributed by atoms with Crippen molar-refractivity contribution in [2.75, 3.05) is 7.11 Å². The van der Waals surface area contributed by atoms with E-state index in [0.29, 0.717) is 5.92 Å². The van der Waals surface area contributed by atoms with Crippen LogP contribution in [0.3, 0.4) is 0 Å². The Morgan fingerprint density at radius 3 is 2.36 bits per heavy atom. The third-order valence-electron chi connectivity index (χ3n) is 1.84. The van der Waals surface area contributed by atoms with Crippen LogP contribution in [0.25, 0.3) is 0 Å². The average molecular weight is 188 g/mol. The molecular weight excluding hydrogens is 172 g/mol. The van der Waals surface area contributed by atoms with Crippen molar-refractivity contribution in [3.63, 3.8) is 0 Å². The fraction of sp³-hybridized carbons (Fsp3) is 0.385. The summed E-state index contributed by atoms with van der Waals surface area (Å²) in [5.41, 5.74) is 1.24. The van der Waals surface area contributed by atoms with E-state index in [1.165, 1.54) is 5.56 Å². The van der Waals surface area contributed by atoms with Crippen molar-refractivity contribution in [2.45, 2.75) is 20.3 Å². The molecule has 0 heterocycles. The van der Waals surface area contributed by atoms with Crippen LogP contribution >= 0.6 is 0 Å². The highest BCUT2D eigenvalue weighted by Crippen LogP contribution is 2.11. The van der Waals surface area contributed by atoms with Crippen LogP contribution in [-0.4, -0.2) is 7.11 Å². The second-order valence-electron chi connectivity index (χ2n) is 3.50. The van der Waals surface area contributed by atoms with E-state index in [1.807, 2.05) is 24.3 Å². The zero-order valence-electron chi connectivity index (χ0n) is 9.00. The van der Waals surface area contributed by atoms with Crippen molar-refractivity contribution >= 4 is 0 Å². The highest BCUT2D eigenvalue weighted by Gasteiger charge is 1.91. The molecule has 0 saturated carbocycles. The van der Waals surface area contributed by atoms with Gasteiger partial charge in [-0.2, -0.15) is 0 Å². The number of ether oxygens (including phenoxy) is 1. The normalized spacial score (nSPS) is 9.43.